The maximum absolute atomic E-state index is 12.5. The zero-order chi connectivity index (χ0) is 18.4. The zero-order valence-electron chi connectivity index (χ0n) is 13.5. The number of nitrogen functional groups attached to an aromatic ring is 1. The Bertz CT molecular complexity index is 1070. The topological polar surface area (TPSA) is 135 Å². The lowest BCUT2D eigenvalue weighted by Crippen LogP contribution is -2.43. The fraction of sp³-hybridized carbons (Fsp3) is 0.286. The standard InChI is InChI=1S/C14H16N4O6S/c1-17-12(15)11(13(19)18(2)14(17)20)25(21,22)16-6-8-3-4-9-10(5-8)24-7-23-9/h3-5,16H,6-7,15H2,1-2H3. The van der Waals surface area contributed by atoms with Gasteiger partial charge in [0.15, 0.2) is 16.4 Å². The molecule has 0 saturated carbocycles. The Kier molecular flexibility index (Phi) is 4.05. The summed E-state index contributed by atoms with van der Waals surface area (Å²) < 4.78 is 39.3. The van der Waals surface area contributed by atoms with E-state index >= 15 is 0 Å². The zero-order valence-corrected chi connectivity index (χ0v) is 14.3. The SMILES string of the molecule is Cn1c(N)c(S(=O)(=O)NCc2ccc3c(c2)OCO3)c(=O)n(C)c1=O. The van der Waals surface area contributed by atoms with Gasteiger partial charge in [-0.3, -0.25) is 13.9 Å². The van der Waals surface area contributed by atoms with E-state index in [-0.39, 0.29) is 13.3 Å². The number of nitrogens with one attached hydrogen (secondary N) is 1. The highest BCUT2D eigenvalue weighted by atomic mass is 32.2. The number of aromatic nitrogens is 2. The number of hydrogen-bond acceptors (Lipinski definition) is 7. The van der Waals surface area contributed by atoms with Crippen molar-refractivity contribution in [3.05, 3.63) is 44.6 Å². The Balaban J connectivity index is 1.93. The minimum absolute atomic E-state index is 0.0928. The molecule has 1 aromatic carbocycles. The first-order valence-corrected chi connectivity index (χ1v) is 8.64. The predicted octanol–water partition coefficient (Wildman–Crippen LogP) is -1.13. The minimum atomic E-state index is -4.24. The van der Waals surface area contributed by atoms with Crippen molar-refractivity contribution in [3.63, 3.8) is 0 Å². The molecule has 3 rings (SSSR count). The number of sulfonamides is 1. The number of rotatable bonds is 4. The van der Waals surface area contributed by atoms with E-state index < -0.39 is 32.0 Å². The molecule has 0 atom stereocenters. The van der Waals surface area contributed by atoms with Gasteiger partial charge in [0.2, 0.25) is 16.8 Å². The lowest BCUT2D eigenvalue weighted by molar-refractivity contribution is 0.174. The van der Waals surface area contributed by atoms with Crippen LogP contribution in [0.4, 0.5) is 5.82 Å². The molecule has 0 fully saturated rings. The van der Waals surface area contributed by atoms with Crippen LogP contribution < -0.4 is 31.2 Å². The fourth-order valence-electron chi connectivity index (χ4n) is 2.38. The summed E-state index contributed by atoms with van der Waals surface area (Å²) in [6.45, 7) is 0.0134. The van der Waals surface area contributed by atoms with Crippen LogP contribution in [0.1, 0.15) is 5.56 Å². The summed E-state index contributed by atoms with van der Waals surface area (Å²) in [6, 6.07) is 4.96. The van der Waals surface area contributed by atoms with Crippen molar-refractivity contribution in [2.24, 2.45) is 14.1 Å². The second kappa shape index (κ2) is 5.93. The van der Waals surface area contributed by atoms with E-state index in [4.69, 9.17) is 15.2 Å². The molecule has 3 N–H and O–H groups in total. The van der Waals surface area contributed by atoms with Gasteiger partial charge in [0.25, 0.3) is 5.56 Å². The highest BCUT2D eigenvalue weighted by Gasteiger charge is 2.26. The van der Waals surface area contributed by atoms with Crippen LogP contribution in [0.5, 0.6) is 11.5 Å². The highest BCUT2D eigenvalue weighted by Crippen LogP contribution is 2.32. The predicted molar refractivity (Wildman–Crippen MR) is 87.9 cm³/mol. The summed E-state index contributed by atoms with van der Waals surface area (Å²) in [5.41, 5.74) is 4.58. The summed E-state index contributed by atoms with van der Waals surface area (Å²) in [5.74, 6) is 0.656. The Morgan fingerprint density at radius 1 is 1.16 bits per heavy atom. The van der Waals surface area contributed by atoms with E-state index in [0.29, 0.717) is 21.6 Å². The third-order valence-corrected chi connectivity index (χ3v) is 5.28. The third-order valence-electron chi connectivity index (χ3n) is 3.84. The van der Waals surface area contributed by atoms with Crippen LogP contribution in [0, 0.1) is 0 Å². The van der Waals surface area contributed by atoms with Gasteiger partial charge in [0.05, 0.1) is 0 Å². The van der Waals surface area contributed by atoms with Crippen molar-refractivity contribution in [2.45, 2.75) is 11.4 Å². The van der Waals surface area contributed by atoms with Crippen molar-refractivity contribution in [3.8, 4) is 11.5 Å². The molecule has 11 heteroatoms. The van der Waals surface area contributed by atoms with Crippen LogP contribution in [0.25, 0.3) is 0 Å². The van der Waals surface area contributed by atoms with Crippen molar-refractivity contribution >= 4 is 15.8 Å². The second-order valence-corrected chi connectivity index (χ2v) is 7.14. The number of anilines is 1. The van der Waals surface area contributed by atoms with Gasteiger partial charge in [0, 0.05) is 20.6 Å². The lowest BCUT2D eigenvalue weighted by Gasteiger charge is -2.12. The van der Waals surface area contributed by atoms with Crippen LogP contribution in [0.3, 0.4) is 0 Å². The van der Waals surface area contributed by atoms with E-state index in [2.05, 4.69) is 4.72 Å². The second-order valence-electron chi connectivity index (χ2n) is 5.43. The number of hydrogen-bond donors (Lipinski definition) is 2. The summed E-state index contributed by atoms with van der Waals surface area (Å²) in [6.07, 6.45) is 0. The Morgan fingerprint density at radius 2 is 1.84 bits per heavy atom. The third kappa shape index (κ3) is 2.87. The summed E-state index contributed by atoms with van der Waals surface area (Å²) >= 11 is 0. The molecule has 1 aliphatic heterocycles. The van der Waals surface area contributed by atoms with Crippen LogP contribution in [0.2, 0.25) is 0 Å². The molecule has 25 heavy (non-hydrogen) atoms. The maximum Gasteiger partial charge on any atom is 0.332 e. The number of benzene rings is 1. The normalized spacial score (nSPS) is 13.2. The van der Waals surface area contributed by atoms with Crippen LogP contribution >= 0.6 is 0 Å². The van der Waals surface area contributed by atoms with Gasteiger partial charge in [-0.1, -0.05) is 6.07 Å². The molecule has 0 aliphatic carbocycles. The number of nitrogens with two attached hydrogens (primary N) is 1. The van der Waals surface area contributed by atoms with Gasteiger partial charge in [-0.05, 0) is 17.7 Å². The molecule has 0 spiro atoms. The molecule has 0 saturated heterocycles. The van der Waals surface area contributed by atoms with E-state index in [0.717, 1.165) is 4.57 Å². The van der Waals surface area contributed by atoms with Crippen molar-refractivity contribution in [1.82, 2.24) is 13.9 Å². The fourth-order valence-corrected chi connectivity index (χ4v) is 3.66. The molecular formula is C14H16N4O6S. The highest BCUT2D eigenvalue weighted by molar-refractivity contribution is 7.89. The number of fused-ring (bicyclic) bond motifs is 1. The summed E-state index contributed by atoms with van der Waals surface area (Å²) in [4.78, 5) is 23.3. The van der Waals surface area contributed by atoms with Gasteiger partial charge in [0.1, 0.15) is 5.82 Å². The van der Waals surface area contributed by atoms with Gasteiger partial charge in [-0.15, -0.1) is 0 Å². The van der Waals surface area contributed by atoms with E-state index in [1.807, 2.05) is 0 Å². The molecule has 10 nitrogen and oxygen atoms in total. The first-order chi connectivity index (χ1) is 11.7. The average molecular weight is 368 g/mol. The Labute approximate surface area is 142 Å². The largest absolute Gasteiger partial charge is 0.454 e. The van der Waals surface area contributed by atoms with Crippen molar-refractivity contribution in [1.29, 1.82) is 0 Å². The first-order valence-electron chi connectivity index (χ1n) is 7.16. The molecule has 2 heterocycles. The summed E-state index contributed by atoms with van der Waals surface area (Å²) in [7, 11) is -1.77. The molecule has 1 aliphatic rings. The quantitative estimate of drug-likeness (QED) is 0.697. The van der Waals surface area contributed by atoms with Gasteiger partial charge in [-0.2, -0.15) is 0 Å². The molecule has 0 bridgehead atoms. The van der Waals surface area contributed by atoms with E-state index in [1.54, 1.807) is 18.2 Å². The number of ether oxygens (including phenoxy) is 2. The molecular weight excluding hydrogens is 352 g/mol. The minimum Gasteiger partial charge on any atom is -0.454 e. The maximum atomic E-state index is 12.5. The van der Waals surface area contributed by atoms with Crippen molar-refractivity contribution < 1.29 is 17.9 Å². The average Bonchev–Trinajstić information content (AvgIpc) is 3.04. The van der Waals surface area contributed by atoms with Crippen molar-refractivity contribution in [2.75, 3.05) is 12.5 Å². The molecule has 0 amide bonds. The van der Waals surface area contributed by atoms with Crippen LogP contribution in [0.15, 0.2) is 32.7 Å². The monoisotopic (exact) mass is 368 g/mol. The molecule has 0 unspecified atom stereocenters. The Morgan fingerprint density at radius 3 is 2.56 bits per heavy atom. The molecule has 0 radical (unpaired) electrons. The lowest BCUT2D eigenvalue weighted by atomic mass is 10.2. The van der Waals surface area contributed by atoms with Gasteiger partial charge in [-0.25, -0.2) is 17.9 Å². The van der Waals surface area contributed by atoms with E-state index in [9.17, 15) is 18.0 Å². The smallest absolute Gasteiger partial charge is 0.332 e. The summed E-state index contributed by atoms with van der Waals surface area (Å²) in [5, 5.41) is 0. The molecule has 1 aromatic heterocycles. The van der Waals surface area contributed by atoms with E-state index in [1.165, 1.54) is 14.1 Å². The van der Waals surface area contributed by atoms with Crippen LogP contribution in [-0.2, 0) is 30.7 Å². The number of nitrogens with zero attached hydrogens (tertiary/aromatic N) is 2. The van der Waals surface area contributed by atoms with Gasteiger partial charge >= 0.3 is 5.69 Å². The molecule has 2 aromatic rings. The Hall–Kier alpha value is -2.79. The van der Waals surface area contributed by atoms with Crippen LogP contribution in [-0.4, -0.2) is 24.3 Å². The van der Waals surface area contributed by atoms with Gasteiger partial charge < -0.3 is 15.2 Å². The first kappa shape index (κ1) is 17.0. The molecule has 134 valence electrons.